The molecule has 0 spiro atoms. The van der Waals surface area contributed by atoms with Gasteiger partial charge < -0.3 is 15.9 Å². The summed E-state index contributed by atoms with van der Waals surface area (Å²) < 4.78 is 7.42. The van der Waals surface area contributed by atoms with Gasteiger partial charge in [-0.25, -0.2) is 10.9 Å². The molecule has 0 radical (unpaired) electrons. The number of aromatic nitrogens is 1. The van der Waals surface area contributed by atoms with Crippen LogP contribution in [0.1, 0.15) is 48.5 Å². The molecule has 126 valence electrons. The molecule has 1 amide bonds. The number of amides is 1. The molecule has 1 unspecified atom stereocenters. The van der Waals surface area contributed by atoms with Gasteiger partial charge in [0.2, 0.25) is 6.29 Å². The van der Waals surface area contributed by atoms with Crippen LogP contribution < -0.4 is 21.9 Å². The first-order valence-corrected chi connectivity index (χ1v) is 8.24. The highest BCUT2D eigenvalue weighted by Gasteiger charge is 2.38. The van der Waals surface area contributed by atoms with Crippen molar-refractivity contribution in [2.45, 2.75) is 51.2 Å². The first-order valence-electron chi connectivity index (χ1n) is 7.42. The SMILES string of the molecule is CCC[C@@H]1CC[C@H](n2c3c(sc2=O)C(=O)N(N)C(N=NN)N3)O1. The highest BCUT2D eigenvalue weighted by molar-refractivity contribution is 7.12. The molecule has 10 nitrogen and oxygen atoms in total. The molecule has 2 aliphatic heterocycles. The lowest BCUT2D eigenvalue weighted by Crippen LogP contribution is -2.52. The van der Waals surface area contributed by atoms with Crippen LogP contribution in [0.25, 0.3) is 0 Å². The van der Waals surface area contributed by atoms with Crippen molar-refractivity contribution in [3.05, 3.63) is 14.5 Å². The second-order valence-electron chi connectivity index (χ2n) is 5.46. The molecule has 1 saturated heterocycles. The second kappa shape index (κ2) is 6.26. The quantitative estimate of drug-likeness (QED) is 0.319. The van der Waals surface area contributed by atoms with Crippen molar-refractivity contribution in [2.24, 2.45) is 22.0 Å². The van der Waals surface area contributed by atoms with Crippen LogP contribution in [0, 0.1) is 0 Å². The molecule has 0 aliphatic carbocycles. The summed E-state index contributed by atoms with van der Waals surface area (Å²) >= 11 is 0.840. The number of hydrogen-bond acceptors (Lipinski definition) is 8. The second-order valence-corrected chi connectivity index (χ2v) is 6.42. The lowest BCUT2D eigenvalue weighted by atomic mass is 10.1. The minimum absolute atomic E-state index is 0.136. The fourth-order valence-corrected chi connectivity index (χ4v) is 3.83. The molecule has 0 aromatic carbocycles. The summed E-state index contributed by atoms with van der Waals surface area (Å²) in [6.07, 6.45) is 2.37. The fraction of sp³-hybridized carbons (Fsp3) is 0.667. The molecule has 1 aromatic rings. The molecule has 1 fully saturated rings. The van der Waals surface area contributed by atoms with E-state index < -0.39 is 12.2 Å². The normalized spacial score (nSPS) is 27.5. The van der Waals surface area contributed by atoms with E-state index in [0.717, 1.165) is 42.0 Å². The van der Waals surface area contributed by atoms with E-state index >= 15 is 0 Å². The average Bonchev–Trinajstić information content (AvgIpc) is 3.09. The highest BCUT2D eigenvalue weighted by Crippen LogP contribution is 2.35. The van der Waals surface area contributed by atoms with E-state index in [1.807, 2.05) is 0 Å². The van der Waals surface area contributed by atoms with Gasteiger partial charge in [-0.2, -0.15) is 0 Å². The molecule has 11 heteroatoms. The third-order valence-electron chi connectivity index (χ3n) is 3.96. The molecular weight excluding hydrogens is 322 g/mol. The zero-order valence-corrected chi connectivity index (χ0v) is 13.5. The summed E-state index contributed by atoms with van der Waals surface area (Å²) in [6.45, 7) is 2.09. The Morgan fingerprint density at radius 3 is 2.91 bits per heavy atom. The van der Waals surface area contributed by atoms with Gasteiger partial charge >= 0.3 is 4.87 Å². The van der Waals surface area contributed by atoms with E-state index in [0.29, 0.717) is 5.82 Å². The van der Waals surface area contributed by atoms with E-state index in [4.69, 9.17) is 16.4 Å². The predicted molar refractivity (Wildman–Crippen MR) is 83.4 cm³/mol. The van der Waals surface area contributed by atoms with Gasteiger partial charge in [0, 0.05) is 0 Å². The van der Waals surface area contributed by atoms with Gasteiger partial charge in [0.25, 0.3) is 5.91 Å². The monoisotopic (exact) mass is 341 g/mol. The van der Waals surface area contributed by atoms with E-state index in [1.165, 1.54) is 4.57 Å². The Morgan fingerprint density at radius 2 is 2.22 bits per heavy atom. The molecule has 5 N–H and O–H groups in total. The van der Waals surface area contributed by atoms with Crippen molar-refractivity contribution >= 4 is 23.1 Å². The van der Waals surface area contributed by atoms with Crippen molar-refractivity contribution in [3.8, 4) is 0 Å². The van der Waals surface area contributed by atoms with Crippen LogP contribution in [0.4, 0.5) is 5.82 Å². The van der Waals surface area contributed by atoms with E-state index in [2.05, 4.69) is 22.6 Å². The van der Waals surface area contributed by atoms with Gasteiger partial charge in [-0.1, -0.05) is 29.9 Å². The van der Waals surface area contributed by atoms with Gasteiger partial charge in [0.05, 0.1) is 6.10 Å². The smallest absolute Gasteiger partial charge is 0.311 e. The Labute approximate surface area is 136 Å². The number of fused-ring (bicyclic) bond motifs is 1. The van der Waals surface area contributed by atoms with Crippen LogP contribution >= 0.6 is 11.3 Å². The van der Waals surface area contributed by atoms with Gasteiger partial charge in [-0.15, -0.1) is 5.11 Å². The number of anilines is 1. The summed E-state index contributed by atoms with van der Waals surface area (Å²) in [5.41, 5.74) is 0. The highest BCUT2D eigenvalue weighted by atomic mass is 32.1. The van der Waals surface area contributed by atoms with E-state index in [9.17, 15) is 9.59 Å². The molecule has 0 bridgehead atoms. The number of hydrogen-bond donors (Lipinski definition) is 3. The third-order valence-corrected chi connectivity index (χ3v) is 4.90. The summed E-state index contributed by atoms with van der Waals surface area (Å²) in [6, 6.07) is 0. The Balaban J connectivity index is 1.94. The lowest BCUT2D eigenvalue weighted by molar-refractivity contribution is -0.00188. The summed E-state index contributed by atoms with van der Waals surface area (Å²) in [5.74, 6) is 10.6. The van der Waals surface area contributed by atoms with Crippen molar-refractivity contribution in [2.75, 3.05) is 5.32 Å². The van der Waals surface area contributed by atoms with Crippen molar-refractivity contribution in [3.63, 3.8) is 0 Å². The lowest BCUT2D eigenvalue weighted by Gasteiger charge is -2.30. The molecule has 23 heavy (non-hydrogen) atoms. The zero-order valence-electron chi connectivity index (χ0n) is 12.6. The molecular formula is C12H19N7O3S. The number of carbonyl (C=O) groups is 1. The minimum Gasteiger partial charge on any atom is -0.355 e. The number of nitrogens with zero attached hydrogens (tertiary/aromatic N) is 4. The number of hydrazine groups is 1. The Morgan fingerprint density at radius 1 is 1.43 bits per heavy atom. The fourth-order valence-electron chi connectivity index (χ4n) is 2.91. The van der Waals surface area contributed by atoms with Gasteiger partial charge in [-0.3, -0.25) is 14.2 Å². The molecule has 2 aliphatic rings. The molecule has 0 saturated carbocycles. The first-order chi connectivity index (χ1) is 11.1. The molecule has 3 heterocycles. The summed E-state index contributed by atoms with van der Waals surface area (Å²) in [7, 11) is 0. The van der Waals surface area contributed by atoms with Gasteiger partial charge in [-0.05, 0) is 19.3 Å². The van der Waals surface area contributed by atoms with Gasteiger partial charge in [0.15, 0.2) is 0 Å². The minimum atomic E-state index is -0.951. The molecule has 3 rings (SSSR count). The largest absolute Gasteiger partial charge is 0.355 e. The Kier molecular flexibility index (Phi) is 4.33. The van der Waals surface area contributed by atoms with Crippen LogP contribution in [0.2, 0.25) is 0 Å². The molecule has 1 aromatic heterocycles. The number of nitrogens with two attached hydrogens (primary N) is 2. The topological polar surface area (TPSA) is 140 Å². The maximum absolute atomic E-state index is 12.3. The number of nitrogens with one attached hydrogen (secondary N) is 1. The summed E-state index contributed by atoms with van der Waals surface area (Å²) in [4.78, 5) is 24.6. The number of thiazole rings is 1. The Bertz CT molecular complexity index is 685. The van der Waals surface area contributed by atoms with Crippen LogP contribution in [-0.2, 0) is 4.74 Å². The van der Waals surface area contributed by atoms with Crippen LogP contribution in [0.3, 0.4) is 0 Å². The van der Waals surface area contributed by atoms with Crippen molar-refractivity contribution in [1.82, 2.24) is 9.58 Å². The standard InChI is InChI=1S/C12H19N7O3S/c1-2-3-6-4-5-7(22-6)18-9-8(23-12(18)21)10(20)19(14)11(15-9)16-17-13/h6-7,11,15H,2-5,14H2,1H3,(H2,13,16)/t6-,7-,11?/m1/s1. The third kappa shape index (κ3) is 2.71. The first kappa shape index (κ1) is 15.9. The number of carbonyl (C=O) groups excluding carboxylic acids is 1. The molecule has 3 atom stereocenters. The van der Waals surface area contributed by atoms with Crippen LogP contribution in [0.5, 0.6) is 0 Å². The Hall–Kier alpha value is -1.98. The van der Waals surface area contributed by atoms with E-state index in [-0.39, 0.29) is 22.1 Å². The van der Waals surface area contributed by atoms with Crippen molar-refractivity contribution in [1.29, 1.82) is 0 Å². The zero-order chi connectivity index (χ0) is 16.6. The van der Waals surface area contributed by atoms with Crippen molar-refractivity contribution < 1.29 is 9.53 Å². The maximum Gasteiger partial charge on any atom is 0.311 e. The summed E-state index contributed by atoms with van der Waals surface area (Å²) in [5, 5.41) is 10.6. The van der Waals surface area contributed by atoms with Crippen LogP contribution in [-0.4, -0.2) is 27.9 Å². The van der Waals surface area contributed by atoms with Gasteiger partial charge in [0.1, 0.15) is 16.9 Å². The van der Waals surface area contributed by atoms with E-state index in [1.54, 1.807) is 0 Å². The van der Waals surface area contributed by atoms with Crippen LogP contribution in [0.15, 0.2) is 15.1 Å². The number of rotatable bonds is 4. The average molecular weight is 341 g/mol. The predicted octanol–water partition coefficient (Wildman–Crippen LogP) is 0.738. The number of ether oxygens (including phenoxy) is 1. The maximum atomic E-state index is 12.3.